The molecule has 6 nitrogen and oxygen atoms in total. The third-order valence-electron chi connectivity index (χ3n) is 5.54. The predicted molar refractivity (Wildman–Crippen MR) is 119 cm³/mol. The average molecular weight is 433 g/mol. The second-order valence-electron chi connectivity index (χ2n) is 7.35. The fourth-order valence-corrected chi connectivity index (χ4v) is 5.07. The number of benzene rings is 2. The Morgan fingerprint density at radius 3 is 2.61 bits per heavy atom. The minimum Gasteiger partial charge on any atom is -0.486 e. The third-order valence-corrected chi connectivity index (χ3v) is 6.68. The number of hydrogen-bond acceptors (Lipinski definition) is 5. The summed E-state index contributed by atoms with van der Waals surface area (Å²) in [7, 11) is 0.132. The molecule has 1 N–H and O–H groups in total. The number of fused-ring (bicyclic) bond motifs is 1. The molecule has 156 valence electrons. The summed E-state index contributed by atoms with van der Waals surface area (Å²) in [5.74, 6) is 1.01. The summed E-state index contributed by atoms with van der Waals surface area (Å²) in [6, 6.07) is 17.5. The van der Waals surface area contributed by atoms with Crippen LogP contribution in [0.5, 0.6) is 11.6 Å². The third kappa shape index (κ3) is 3.61. The number of nitrogens with one attached hydrogen (secondary N) is 1. The molecule has 0 radical (unpaired) electrons. The Bertz CT molecular complexity index is 1220. The van der Waals surface area contributed by atoms with Crippen LogP contribution in [-0.2, 0) is 22.2 Å². The van der Waals surface area contributed by atoms with Crippen LogP contribution in [0.3, 0.4) is 0 Å². The Labute approximate surface area is 182 Å². The van der Waals surface area contributed by atoms with Gasteiger partial charge in [-0.15, -0.1) is 0 Å². The van der Waals surface area contributed by atoms with Gasteiger partial charge in [0.25, 0.3) is 5.91 Å². The highest BCUT2D eigenvalue weighted by atomic mass is 32.2. The Balaban J connectivity index is 1.40. The Morgan fingerprint density at radius 2 is 1.87 bits per heavy atom. The van der Waals surface area contributed by atoms with Gasteiger partial charge in [-0.2, -0.15) is 0 Å². The fourth-order valence-electron chi connectivity index (χ4n) is 4.15. The van der Waals surface area contributed by atoms with E-state index >= 15 is 0 Å². The van der Waals surface area contributed by atoms with Crippen molar-refractivity contribution in [1.82, 2.24) is 9.71 Å². The quantitative estimate of drug-likeness (QED) is 0.660. The standard InChI is InChI=1S/C24H20N2O4S/c1-29-24-20(6-3-13-25-24)17-4-2-5-19-18(17)11-12-21(19)30-16-9-7-15(8-10-16)22-14-23(27)26-31(22)28/h2-10,13-14,21H,11-12H2,1H3,(H,26,27). The molecular weight excluding hydrogens is 412 g/mol. The van der Waals surface area contributed by atoms with Crippen molar-refractivity contribution in [2.45, 2.75) is 18.9 Å². The smallest absolute Gasteiger partial charge is 0.257 e. The zero-order valence-corrected chi connectivity index (χ0v) is 17.6. The van der Waals surface area contributed by atoms with E-state index in [0.717, 1.165) is 35.3 Å². The van der Waals surface area contributed by atoms with Crippen LogP contribution in [0.2, 0.25) is 0 Å². The van der Waals surface area contributed by atoms with Crippen LogP contribution in [0.15, 0.2) is 66.9 Å². The first-order chi connectivity index (χ1) is 15.1. The van der Waals surface area contributed by atoms with Crippen LogP contribution in [0.25, 0.3) is 16.0 Å². The molecular formula is C24H20N2O4S. The van der Waals surface area contributed by atoms with Crippen LogP contribution < -0.4 is 14.2 Å². The van der Waals surface area contributed by atoms with E-state index in [1.807, 2.05) is 42.5 Å². The molecule has 3 aromatic rings. The first-order valence-corrected chi connectivity index (χ1v) is 11.1. The molecule has 2 aromatic carbocycles. The Morgan fingerprint density at radius 1 is 1.06 bits per heavy atom. The minimum absolute atomic E-state index is 0.0495. The lowest BCUT2D eigenvalue weighted by atomic mass is 9.97. The summed E-state index contributed by atoms with van der Waals surface area (Å²) in [5.41, 5.74) is 5.26. The van der Waals surface area contributed by atoms with Gasteiger partial charge < -0.3 is 9.47 Å². The normalized spacial score (nSPS) is 19.5. The zero-order valence-electron chi connectivity index (χ0n) is 16.8. The maximum absolute atomic E-state index is 11.9. The van der Waals surface area contributed by atoms with E-state index in [2.05, 4.69) is 21.8 Å². The van der Waals surface area contributed by atoms with Crippen molar-refractivity contribution < 1.29 is 18.5 Å². The summed E-state index contributed by atoms with van der Waals surface area (Å²) < 4.78 is 26.1. The average Bonchev–Trinajstić information content (AvgIpc) is 3.36. The van der Waals surface area contributed by atoms with Crippen LogP contribution in [0, 0.1) is 0 Å². The van der Waals surface area contributed by atoms with E-state index in [1.54, 1.807) is 13.3 Å². The molecule has 0 bridgehead atoms. The lowest BCUT2D eigenvalue weighted by Crippen LogP contribution is -2.16. The first kappa shape index (κ1) is 19.5. The summed E-state index contributed by atoms with van der Waals surface area (Å²) >= 11 is 0. The summed E-state index contributed by atoms with van der Waals surface area (Å²) in [4.78, 5) is 16.2. The van der Waals surface area contributed by atoms with E-state index in [0.29, 0.717) is 10.8 Å². The van der Waals surface area contributed by atoms with Gasteiger partial charge in [-0.05, 0) is 59.4 Å². The summed E-state index contributed by atoms with van der Waals surface area (Å²) in [6.07, 6.45) is 4.83. The van der Waals surface area contributed by atoms with Gasteiger partial charge in [0, 0.05) is 17.8 Å². The summed E-state index contributed by atoms with van der Waals surface area (Å²) in [5, 5.41) is 0. The van der Waals surface area contributed by atoms with Gasteiger partial charge in [0.2, 0.25) is 5.88 Å². The molecule has 1 aliphatic heterocycles. The van der Waals surface area contributed by atoms with Crippen LogP contribution in [0.1, 0.15) is 29.2 Å². The number of pyridine rings is 1. The van der Waals surface area contributed by atoms with Crippen molar-refractivity contribution >= 4 is 21.8 Å². The molecule has 2 aliphatic rings. The first-order valence-electron chi connectivity index (χ1n) is 9.96. The second-order valence-corrected chi connectivity index (χ2v) is 8.53. The van der Waals surface area contributed by atoms with Crippen LogP contribution in [-0.4, -0.2) is 22.2 Å². The van der Waals surface area contributed by atoms with E-state index in [4.69, 9.17) is 9.47 Å². The second kappa shape index (κ2) is 8.00. The van der Waals surface area contributed by atoms with Gasteiger partial charge in [-0.25, -0.2) is 9.19 Å². The van der Waals surface area contributed by atoms with Crippen LogP contribution in [0.4, 0.5) is 0 Å². The van der Waals surface area contributed by atoms with Crippen molar-refractivity contribution in [1.29, 1.82) is 0 Å². The predicted octanol–water partition coefficient (Wildman–Crippen LogP) is 3.96. The Hall–Kier alpha value is -3.45. The van der Waals surface area contributed by atoms with Gasteiger partial charge in [0.05, 0.1) is 12.0 Å². The largest absolute Gasteiger partial charge is 0.486 e. The lowest BCUT2D eigenvalue weighted by Gasteiger charge is -2.16. The highest BCUT2D eigenvalue weighted by Gasteiger charge is 2.27. The van der Waals surface area contributed by atoms with Crippen molar-refractivity contribution in [2.75, 3.05) is 7.11 Å². The van der Waals surface area contributed by atoms with E-state index in [9.17, 15) is 9.00 Å². The van der Waals surface area contributed by atoms with E-state index in [-0.39, 0.29) is 12.0 Å². The molecule has 31 heavy (non-hydrogen) atoms. The summed E-state index contributed by atoms with van der Waals surface area (Å²) in [6.45, 7) is 0. The Kier molecular flexibility index (Phi) is 5.03. The number of methoxy groups -OCH3 is 1. The SMILES string of the molecule is COc1ncccc1-c1cccc2c1CCC2Oc1ccc(C2=CC(=O)NS2=O)cc1. The monoisotopic (exact) mass is 432 g/mol. The molecule has 1 aliphatic carbocycles. The van der Waals surface area contributed by atoms with Crippen LogP contribution >= 0.6 is 0 Å². The minimum atomic E-state index is -1.50. The molecule has 2 atom stereocenters. The van der Waals surface area contributed by atoms with Gasteiger partial charge in [-0.3, -0.25) is 9.52 Å². The molecule has 0 saturated carbocycles. The highest BCUT2D eigenvalue weighted by molar-refractivity contribution is 7.93. The number of carbonyl (C=O) groups excluding carboxylic acids is 1. The number of hydrogen-bond donors (Lipinski definition) is 1. The molecule has 7 heteroatoms. The number of ether oxygens (including phenoxy) is 2. The molecule has 2 heterocycles. The fraction of sp³-hybridized carbons (Fsp3) is 0.167. The zero-order chi connectivity index (χ0) is 21.4. The van der Waals surface area contributed by atoms with E-state index in [1.165, 1.54) is 17.2 Å². The van der Waals surface area contributed by atoms with Gasteiger partial charge >= 0.3 is 0 Å². The number of amides is 1. The van der Waals surface area contributed by atoms with Crippen molar-refractivity contribution in [2.24, 2.45) is 0 Å². The van der Waals surface area contributed by atoms with Crippen molar-refractivity contribution in [3.63, 3.8) is 0 Å². The van der Waals surface area contributed by atoms with Crippen molar-refractivity contribution in [3.05, 3.63) is 83.6 Å². The molecule has 0 spiro atoms. The maximum Gasteiger partial charge on any atom is 0.257 e. The maximum atomic E-state index is 11.9. The lowest BCUT2D eigenvalue weighted by molar-refractivity contribution is -0.114. The number of carbonyl (C=O) groups is 1. The molecule has 2 unspecified atom stereocenters. The van der Waals surface area contributed by atoms with Gasteiger partial charge in [-0.1, -0.05) is 30.3 Å². The van der Waals surface area contributed by atoms with Gasteiger partial charge in [0.15, 0.2) is 11.0 Å². The number of rotatable bonds is 5. The topological polar surface area (TPSA) is 77.5 Å². The molecule has 1 aromatic heterocycles. The van der Waals surface area contributed by atoms with Gasteiger partial charge in [0.1, 0.15) is 11.9 Å². The molecule has 0 saturated heterocycles. The van der Waals surface area contributed by atoms with Crippen molar-refractivity contribution in [3.8, 4) is 22.8 Å². The highest BCUT2D eigenvalue weighted by Crippen LogP contribution is 2.41. The molecule has 0 fully saturated rings. The van der Waals surface area contributed by atoms with E-state index < -0.39 is 11.0 Å². The number of aromatic nitrogens is 1. The number of nitrogens with zero attached hydrogens (tertiary/aromatic N) is 1. The molecule has 1 amide bonds. The molecule has 5 rings (SSSR count).